The predicted molar refractivity (Wildman–Crippen MR) is 48.2 cm³/mol. The van der Waals surface area contributed by atoms with E-state index in [4.69, 9.17) is 0 Å². The lowest BCUT2D eigenvalue weighted by molar-refractivity contribution is 1.08. The average molecular weight is 162 g/mol. The molecule has 0 saturated heterocycles. The number of rotatable bonds is 1. The van der Waals surface area contributed by atoms with Crippen LogP contribution >= 0.6 is 0 Å². The maximum Gasteiger partial charge on any atom is 0.139 e. The van der Waals surface area contributed by atoms with Gasteiger partial charge in [0.15, 0.2) is 0 Å². The van der Waals surface area contributed by atoms with E-state index in [1.54, 1.807) is 12.4 Å². The summed E-state index contributed by atoms with van der Waals surface area (Å²) in [7, 11) is 3.93. The van der Waals surface area contributed by atoms with Gasteiger partial charge in [-0.25, -0.2) is 4.98 Å². The molecule has 0 bridgehead atoms. The van der Waals surface area contributed by atoms with Crippen LogP contribution in [-0.2, 0) is 0 Å². The molecule has 0 aromatic carbocycles. The van der Waals surface area contributed by atoms with Crippen LogP contribution in [0.4, 0.5) is 5.82 Å². The Morgan fingerprint density at radius 2 is 2.25 bits per heavy atom. The number of H-pyrrole nitrogens is 1. The minimum atomic E-state index is 0.946. The smallest absolute Gasteiger partial charge is 0.139 e. The summed E-state index contributed by atoms with van der Waals surface area (Å²) in [5.74, 6) is 0.946. The molecule has 4 heteroatoms. The van der Waals surface area contributed by atoms with Crippen molar-refractivity contribution in [3.05, 3.63) is 18.5 Å². The Balaban J connectivity index is 2.73. The van der Waals surface area contributed by atoms with E-state index in [0.29, 0.717) is 0 Å². The number of pyridine rings is 1. The monoisotopic (exact) mass is 162 g/mol. The summed E-state index contributed by atoms with van der Waals surface area (Å²) in [6.45, 7) is 0. The molecule has 2 rings (SSSR count). The van der Waals surface area contributed by atoms with Crippen LogP contribution in [0.2, 0.25) is 0 Å². The highest BCUT2D eigenvalue weighted by molar-refractivity contribution is 5.88. The Hall–Kier alpha value is -1.58. The minimum absolute atomic E-state index is 0.946. The molecule has 1 N–H and O–H groups in total. The lowest BCUT2D eigenvalue weighted by Crippen LogP contribution is -2.10. The Labute approximate surface area is 70.2 Å². The van der Waals surface area contributed by atoms with Gasteiger partial charge in [0.2, 0.25) is 0 Å². The van der Waals surface area contributed by atoms with Gasteiger partial charge in [-0.3, -0.25) is 5.10 Å². The van der Waals surface area contributed by atoms with Crippen LogP contribution in [0.25, 0.3) is 10.9 Å². The fourth-order valence-electron chi connectivity index (χ4n) is 1.21. The third kappa shape index (κ3) is 0.922. The summed E-state index contributed by atoms with van der Waals surface area (Å²) in [6.07, 6.45) is 3.56. The van der Waals surface area contributed by atoms with Crippen LogP contribution in [0.5, 0.6) is 0 Å². The van der Waals surface area contributed by atoms with Crippen LogP contribution < -0.4 is 4.90 Å². The molecule has 0 atom stereocenters. The van der Waals surface area contributed by atoms with Gasteiger partial charge in [-0.15, -0.1) is 0 Å². The van der Waals surface area contributed by atoms with Gasteiger partial charge in [0, 0.05) is 20.3 Å². The fourth-order valence-corrected chi connectivity index (χ4v) is 1.21. The number of anilines is 1. The zero-order valence-corrected chi connectivity index (χ0v) is 7.07. The third-order valence-corrected chi connectivity index (χ3v) is 1.77. The molecule has 2 heterocycles. The van der Waals surface area contributed by atoms with E-state index in [2.05, 4.69) is 15.2 Å². The maximum atomic E-state index is 4.24. The Kier molecular flexibility index (Phi) is 1.46. The van der Waals surface area contributed by atoms with E-state index in [0.717, 1.165) is 16.7 Å². The van der Waals surface area contributed by atoms with Gasteiger partial charge in [-0.2, -0.15) is 5.10 Å². The quantitative estimate of drug-likeness (QED) is 0.681. The second-order valence-corrected chi connectivity index (χ2v) is 2.86. The van der Waals surface area contributed by atoms with Gasteiger partial charge < -0.3 is 4.90 Å². The molecular formula is C8H10N4. The van der Waals surface area contributed by atoms with Crippen molar-refractivity contribution in [3.8, 4) is 0 Å². The molecule has 0 saturated carbocycles. The number of fused-ring (bicyclic) bond motifs is 1. The molecule has 0 radical (unpaired) electrons. The molecule has 2 aromatic heterocycles. The van der Waals surface area contributed by atoms with E-state index < -0.39 is 0 Å². The molecule has 0 fully saturated rings. The lowest BCUT2D eigenvalue weighted by Gasteiger charge is -2.10. The first kappa shape index (κ1) is 7.09. The highest BCUT2D eigenvalue weighted by Gasteiger charge is 2.04. The van der Waals surface area contributed by atoms with Crippen molar-refractivity contribution in [2.75, 3.05) is 19.0 Å². The number of nitrogens with zero attached hydrogens (tertiary/aromatic N) is 3. The van der Waals surface area contributed by atoms with E-state index in [1.165, 1.54) is 0 Å². The Bertz CT molecular complexity index is 391. The Morgan fingerprint density at radius 3 is 3.00 bits per heavy atom. The Morgan fingerprint density at radius 1 is 1.42 bits per heavy atom. The summed E-state index contributed by atoms with van der Waals surface area (Å²) in [5, 5.41) is 7.91. The van der Waals surface area contributed by atoms with Gasteiger partial charge >= 0.3 is 0 Å². The number of hydrogen-bond donors (Lipinski definition) is 1. The van der Waals surface area contributed by atoms with Crippen LogP contribution in [0, 0.1) is 0 Å². The molecule has 0 aliphatic carbocycles. The predicted octanol–water partition coefficient (Wildman–Crippen LogP) is 1.02. The van der Waals surface area contributed by atoms with E-state index in [9.17, 15) is 0 Å². The largest absolute Gasteiger partial charge is 0.362 e. The van der Waals surface area contributed by atoms with Crippen molar-refractivity contribution in [2.24, 2.45) is 0 Å². The molecular weight excluding hydrogens is 152 g/mol. The van der Waals surface area contributed by atoms with Crippen molar-refractivity contribution >= 4 is 16.7 Å². The number of nitrogens with one attached hydrogen (secondary N) is 1. The number of hydrogen-bond acceptors (Lipinski definition) is 3. The first-order chi connectivity index (χ1) is 5.79. The number of aromatic amines is 1. The first-order valence-corrected chi connectivity index (χ1v) is 3.74. The van der Waals surface area contributed by atoms with Crippen LogP contribution in [0.15, 0.2) is 18.5 Å². The van der Waals surface area contributed by atoms with Crippen molar-refractivity contribution in [3.63, 3.8) is 0 Å². The molecule has 0 spiro atoms. The molecule has 0 amide bonds. The molecule has 62 valence electrons. The second kappa shape index (κ2) is 2.48. The SMILES string of the molecule is CN(C)c1nccc2[nH]ncc12. The standard InChI is InChI=1S/C8H10N4/c1-12(2)8-6-5-10-11-7(6)3-4-9-8/h3-5H,1-2H3,(H,10,11). The average Bonchev–Trinajstić information content (AvgIpc) is 2.49. The molecule has 0 aliphatic heterocycles. The summed E-state index contributed by atoms with van der Waals surface area (Å²) in [6, 6.07) is 1.91. The third-order valence-electron chi connectivity index (χ3n) is 1.77. The molecule has 0 unspecified atom stereocenters. The summed E-state index contributed by atoms with van der Waals surface area (Å²) in [5.41, 5.74) is 1.02. The zero-order chi connectivity index (χ0) is 8.55. The van der Waals surface area contributed by atoms with Gasteiger partial charge in [-0.1, -0.05) is 0 Å². The van der Waals surface area contributed by atoms with Crippen LogP contribution in [0.1, 0.15) is 0 Å². The van der Waals surface area contributed by atoms with Crippen LogP contribution in [-0.4, -0.2) is 29.3 Å². The van der Waals surface area contributed by atoms with Crippen molar-refractivity contribution < 1.29 is 0 Å². The minimum Gasteiger partial charge on any atom is -0.362 e. The van der Waals surface area contributed by atoms with Crippen LogP contribution in [0.3, 0.4) is 0 Å². The van der Waals surface area contributed by atoms with Gasteiger partial charge in [0.05, 0.1) is 17.1 Å². The highest BCUT2D eigenvalue weighted by Crippen LogP contribution is 2.19. The summed E-state index contributed by atoms with van der Waals surface area (Å²) >= 11 is 0. The van der Waals surface area contributed by atoms with Crippen molar-refractivity contribution in [1.82, 2.24) is 15.2 Å². The molecule has 0 aliphatic rings. The fraction of sp³-hybridized carbons (Fsp3) is 0.250. The maximum absolute atomic E-state index is 4.24. The van der Waals surface area contributed by atoms with Gasteiger partial charge in [0.25, 0.3) is 0 Å². The van der Waals surface area contributed by atoms with E-state index >= 15 is 0 Å². The van der Waals surface area contributed by atoms with E-state index in [-0.39, 0.29) is 0 Å². The first-order valence-electron chi connectivity index (χ1n) is 3.74. The lowest BCUT2D eigenvalue weighted by atomic mass is 10.3. The normalized spacial score (nSPS) is 10.5. The topological polar surface area (TPSA) is 44.8 Å². The summed E-state index contributed by atoms with van der Waals surface area (Å²) in [4.78, 5) is 6.21. The van der Waals surface area contributed by atoms with Crippen molar-refractivity contribution in [2.45, 2.75) is 0 Å². The molecule has 12 heavy (non-hydrogen) atoms. The van der Waals surface area contributed by atoms with Gasteiger partial charge in [0.1, 0.15) is 5.82 Å². The summed E-state index contributed by atoms with van der Waals surface area (Å²) < 4.78 is 0. The van der Waals surface area contributed by atoms with E-state index in [1.807, 2.05) is 25.1 Å². The van der Waals surface area contributed by atoms with Gasteiger partial charge in [-0.05, 0) is 6.07 Å². The highest BCUT2D eigenvalue weighted by atomic mass is 15.2. The zero-order valence-electron chi connectivity index (χ0n) is 7.07. The molecule has 2 aromatic rings. The second-order valence-electron chi connectivity index (χ2n) is 2.86. The molecule has 4 nitrogen and oxygen atoms in total. The van der Waals surface area contributed by atoms with Crippen molar-refractivity contribution in [1.29, 1.82) is 0 Å². The number of aromatic nitrogens is 3.